The van der Waals surface area contributed by atoms with Gasteiger partial charge in [-0.2, -0.15) is 0 Å². The van der Waals surface area contributed by atoms with Gasteiger partial charge in [-0.05, 0) is 23.9 Å². The predicted molar refractivity (Wildman–Crippen MR) is 60.5 cm³/mol. The Balaban J connectivity index is 0.000000561. The second kappa shape index (κ2) is 5.78. The standard InChI is InChI=1S/C9H10S.C2H6/c1-4-9-5-8(6-10-9)7(2)3;1-2/h4-6H,1-2H2,3H3;1-2H3. The summed E-state index contributed by atoms with van der Waals surface area (Å²) in [6.45, 7) is 13.5. The van der Waals surface area contributed by atoms with E-state index in [0.717, 1.165) is 5.57 Å². The van der Waals surface area contributed by atoms with Crippen LogP contribution < -0.4 is 0 Å². The summed E-state index contributed by atoms with van der Waals surface area (Å²) in [4.78, 5) is 1.21. The minimum absolute atomic E-state index is 1.12. The highest BCUT2D eigenvalue weighted by Gasteiger charge is 1.95. The van der Waals surface area contributed by atoms with E-state index in [1.165, 1.54) is 10.4 Å². The molecular weight excluding hydrogens is 164 g/mol. The van der Waals surface area contributed by atoms with Crippen molar-refractivity contribution in [1.29, 1.82) is 0 Å². The molecule has 0 aliphatic heterocycles. The van der Waals surface area contributed by atoms with Crippen molar-refractivity contribution < 1.29 is 0 Å². The van der Waals surface area contributed by atoms with Gasteiger partial charge in [-0.15, -0.1) is 11.3 Å². The predicted octanol–water partition coefficient (Wildman–Crippen LogP) is 4.45. The van der Waals surface area contributed by atoms with Gasteiger partial charge in [-0.25, -0.2) is 0 Å². The number of hydrogen-bond acceptors (Lipinski definition) is 1. The van der Waals surface area contributed by atoms with Crippen LogP contribution in [0.3, 0.4) is 0 Å². The van der Waals surface area contributed by atoms with E-state index in [2.05, 4.69) is 24.6 Å². The molecule has 1 heterocycles. The molecule has 0 aliphatic rings. The lowest BCUT2D eigenvalue weighted by Gasteiger charge is -1.88. The maximum absolute atomic E-state index is 3.85. The number of hydrogen-bond donors (Lipinski definition) is 0. The van der Waals surface area contributed by atoms with Crippen molar-refractivity contribution in [2.45, 2.75) is 20.8 Å². The first-order chi connectivity index (χ1) is 5.74. The van der Waals surface area contributed by atoms with Gasteiger partial charge < -0.3 is 0 Å². The molecule has 1 rings (SSSR count). The van der Waals surface area contributed by atoms with Crippen LogP contribution in [-0.4, -0.2) is 0 Å². The first-order valence-electron chi connectivity index (χ1n) is 4.11. The molecule has 0 radical (unpaired) electrons. The van der Waals surface area contributed by atoms with E-state index in [-0.39, 0.29) is 0 Å². The molecule has 0 amide bonds. The highest BCUT2D eigenvalue weighted by molar-refractivity contribution is 7.11. The summed E-state index contributed by atoms with van der Waals surface area (Å²) in [6, 6.07) is 2.10. The van der Waals surface area contributed by atoms with E-state index in [0.29, 0.717) is 0 Å². The average molecular weight is 180 g/mol. The van der Waals surface area contributed by atoms with E-state index in [9.17, 15) is 0 Å². The van der Waals surface area contributed by atoms with Gasteiger partial charge in [-0.3, -0.25) is 0 Å². The molecule has 12 heavy (non-hydrogen) atoms. The van der Waals surface area contributed by atoms with Crippen LogP contribution in [-0.2, 0) is 0 Å². The Morgan fingerprint density at radius 2 is 2.08 bits per heavy atom. The molecule has 0 saturated heterocycles. The fourth-order valence-electron chi connectivity index (χ4n) is 0.684. The van der Waals surface area contributed by atoms with Gasteiger partial charge in [-0.1, -0.05) is 38.7 Å². The van der Waals surface area contributed by atoms with Gasteiger partial charge in [0.05, 0.1) is 0 Å². The Morgan fingerprint density at radius 3 is 2.33 bits per heavy atom. The Bertz CT molecular complexity index is 256. The molecule has 66 valence electrons. The molecule has 0 bridgehead atoms. The molecule has 0 aliphatic carbocycles. The molecule has 0 saturated carbocycles. The number of allylic oxidation sites excluding steroid dienone is 1. The zero-order valence-corrected chi connectivity index (χ0v) is 8.87. The van der Waals surface area contributed by atoms with E-state index < -0.39 is 0 Å². The third kappa shape index (κ3) is 3.05. The maximum Gasteiger partial charge on any atom is 0.0270 e. The van der Waals surface area contributed by atoms with Crippen LogP contribution in [0.2, 0.25) is 0 Å². The van der Waals surface area contributed by atoms with Crippen molar-refractivity contribution in [1.82, 2.24) is 0 Å². The molecule has 0 unspecified atom stereocenters. The molecular formula is C11H16S. The van der Waals surface area contributed by atoms with Gasteiger partial charge in [0.1, 0.15) is 0 Å². The van der Waals surface area contributed by atoms with Crippen LogP contribution in [0.1, 0.15) is 31.2 Å². The molecule has 1 heteroatoms. The fraction of sp³-hybridized carbons (Fsp3) is 0.273. The van der Waals surface area contributed by atoms with E-state index in [4.69, 9.17) is 0 Å². The smallest absolute Gasteiger partial charge is 0.0270 e. The third-order valence-corrected chi connectivity index (χ3v) is 2.24. The monoisotopic (exact) mass is 180 g/mol. The Labute approximate surface area is 79.3 Å². The second-order valence-corrected chi connectivity index (χ2v) is 3.17. The van der Waals surface area contributed by atoms with Crippen molar-refractivity contribution in [3.63, 3.8) is 0 Å². The van der Waals surface area contributed by atoms with Crippen LogP contribution in [0.15, 0.2) is 24.6 Å². The number of thiophene rings is 1. The van der Waals surface area contributed by atoms with Crippen molar-refractivity contribution >= 4 is 23.0 Å². The van der Waals surface area contributed by atoms with E-state index in [1.807, 2.05) is 26.8 Å². The van der Waals surface area contributed by atoms with Crippen LogP contribution in [0.4, 0.5) is 0 Å². The van der Waals surface area contributed by atoms with Gasteiger partial charge in [0, 0.05) is 4.88 Å². The van der Waals surface area contributed by atoms with E-state index in [1.54, 1.807) is 11.3 Å². The number of rotatable bonds is 2. The minimum atomic E-state index is 1.12. The molecule has 0 spiro atoms. The topological polar surface area (TPSA) is 0 Å². The Kier molecular flexibility index (Phi) is 5.39. The van der Waals surface area contributed by atoms with Crippen molar-refractivity contribution in [2.75, 3.05) is 0 Å². The lowest BCUT2D eigenvalue weighted by Crippen LogP contribution is -1.66. The minimum Gasteiger partial charge on any atom is -0.144 e. The maximum atomic E-state index is 3.85. The summed E-state index contributed by atoms with van der Waals surface area (Å²) in [6.07, 6.45) is 1.86. The largest absolute Gasteiger partial charge is 0.144 e. The van der Waals surface area contributed by atoms with Crippen LogP contribution in [0, 0.1) is 0 Å². The van der Waals surface area contributed by atoms with Crippen LogP contribution in [0.5, 0.6) is 0 Å². The van der Waals surface area contributed by atoms with Gasteiger partial charge in [0.15, 0.2) is 0 Å². The molecule has 0 atom stereocenters. The fourth-order valence-corrected chi connectivity index (χ4v) is 1.51. The molecule has 0 aromatic carbocycles. The quantitative estimate of drug-likeness (QED) is 0.630. The van der Waals surface area contributed by atoms with Gasteiger partial charge in [0.25, 0.3) is 0 Å². The summed E-state index contributed by atoms with van der Waals surface area (Å²) in [5.74, 6) is 0. The molecule has 0 nitrogen and oxygen atoms in total. The van der Waals surface area contributed by atoms with Gasteiger partial charge >= 0.3 is 0 Å². The Hall–Kier alpha value is -0.820. The zero-order chi connectivity index (χ0) is 9.56. The van der Waals surface area contributed by atoms with Gasteiger partial charge in [0.2, 0.25) is 0 Å². The highest BCUT2D eigenvalue weighted by atomic mass is 32.1. The van der Waals surface area contributed by atoms with Crippen molar-refractivity contribution in [3.8, 4) is 0 Å². The zero-order valence-electron chi connectivity index (χ0n) is 8.05. The second-order valence-electron chi connectivity index (χ2n) is 2.22. The first-order valence-corrected chi connectivity index (χ1v) is 4.99. The summed E-state index contributed by atoms with van der Waals surface area (Å²) < 4.78 is 0. The normalized spacial score (nSPS) is 8.25. The highest BCUT2D eigenvalue weighted by Crippen LogP contribution is 2.20. The average Bonchev–Trinajstić information content (AvgIpc) is 2.55. The summed E-state index contributed by atoms with van der Waals surface area (Å²) in [5, 5.41) is 2.10. The van der Waals surface area contributed by atoms with Crippen LogP contribution in [0.25, 0.3) is 11.6 Å². The summed E-state index contributed by atoms with van der Waals surface area (Å²) >= 11 is 1.70. The summed E-state index contributed by atoms with van der Waals surface area (Å²) in [5.41, 5.74) is 2.34. The van der Waals surface area contributed by atoms with Crippen molar-refractivity contribution in [3.05, 3.63) is 35.0 Å². The lowest BCUT2D eigenvalue weighted by atomic mass is 10.2. The molecule has 1 aromatic heterocycles. The molecule has 0 fully saturated rings. The van der Waals surface area contributed by atoms with Crippen molar-refractivity contribution in [2.24, 2.45) is 0 Å². The lowest BCUT2D eigenvalue weighted by molar-refractivity contribution is 1.50. The Morgan fingerprint density at radius 1 is 1.50 bits per heavy atom. The third-order valence-electron chi connectivity index (χ3n) is 1.31. The van der Waals surface area contributed by atoms with E-state index >= 15 is 0 Å². The van der Waals surface area contributed by atoms with Crippen LogP contribution >= 0.6 is 11.3 Å². The molecule has 1 aromatic rings. The first kappa shape index (κ1) is 11.2. The summed E-state index contributed by atoms with van der Waals surface area (Å²) in [7, 11) is 0. The molecule has 0 N–H and O–H groups in total. The SMILES string of the molecule is C=Cc1cc(C(=C)C)cs1.CC.